The fourth-order valence-electron chi connectivity index (χ4n) is 2.46. The average Bonchev–Trinajstić information content (AvgIpc) is 3.37. The molecule has 0 bridgehead atoms. The first-order valence-electron chi connectivity index (χ1n) is 7.88. The van der Waals surface area contributed by atoms with Gasteiger partial charge in [0, 0.05) is 6.54 Å². The largest absolute Gasteiger partial charge is 0.465 e. The number of aliphatic hydroxyl groups excluding tert-OH is 1. The number of hydrogen-bond donors (Lipinski definition) is 2. The van der Waals surface area contributed by atoms with E-state index in [1.54, 1.807) is 23.5 Å². The number of carbonyl (C=O) groups is 1. The van der Waals surface area contributed by atoms with Gasteiger partial charge in [0.05, 0.1) is 13.2 Å². The van der Waals surface area contributed by atoms with Crippen LogP contribution in [0.15, 0.2) is 57.4 Å². The Kier molecular flexibility index (Phi) is 6.08. The normalized spacial score (nSPS) is 12.7. The fourth-order valence-corrected chi connectivity index (χ4v) is 5.50. The van der Waals surface area contributed by atoms with Crippen LogP contribution >= 0.6 is 22.7 Å². The standard InChI is InChI=1S/C18H17NO5S3/c1-24-18(21)17-16(7-9-26-17)27(22,23)19-10-15(20)13-4-2-12(3-5-13)14-6-8-25-11-14/h2-9,11,15,19-20H,10H2,1H3. The third-order valence-corrected chi connectivity index (χ3v) is 7.08. The molecule has 6 nitrogen and oxygen atoms in total. The second-order valence-corrected chi connectivity index (χ2v) is 9.04. The first-order chi connectivity index (χ1) is 12.9. The topological polar surface area (TPSA) is 92.7 Å². The minimum Gasteiger partial charge on any atom is -0.465 e. The summed E-state index contributed by atoms with van der Waals surface area (Å²) in [7, 11) is -2.76. The lowest BCUT2D eigenvalue weighted by atomic mass is 10.0. The van der Waals surface area contributed by atoms with E-state index in [1.807, 2.05) is 29.0 Å². The van der Waals surface area contributed by atoms with Gasteiger partial charge in [0.2, 0.25) is 10.0 Å². The molecule has 0 radical (unpaired) electrons. The highest BCUT2D eigenvalue weighted by Crippen LogP contribution is 2.25. The van der Waals surface area contributed by atoms with E-state index in [4.69, 9.17) is 0 Å². The Morgan fingerprint density at radius 2 is 1.89 bits per heavy atom. The number of rotatable bonds is 7. The molecule has 0 saturated heterocycles. The van der Waals surface area contributed by atoms with Crippen molar-refractivity contribution < 1.29 is 23.1 Å². The van der Waals surface area contributed by atoms with Gasteiger partial charge in [-0.3, -0.25) is 0 Å². The molecular weight excluding hydrogens is 406 g/mol. The van der Waals surface area contributed by atoms with Crippen LogP contribution in [0.3, 0.4) is 0 Å². The minimum atomic E-state index is -3.95. The van der Waals surface area contributed by atoms with Crippen molar-refractivity contribution in [2.24, 2.45) is 0 Å². The number of esters is 1. The Morgan fingerprint density at radius 3 is 2.52 bits per heavy atom. The summed E-state index contributed by atoms with van der Waals surface area (Å²) in [4.78, 5) is 11.5. The molecule has 0 fully saturated rings. The Balaban J connectivity index is 1.69. The van der Waals surface area contributed by atoms with Crippen LogP contribution in [0, 0.1) is 0 Å². The van der Waals surface area contributed by atoms with E-state index in [-0.39, 0.29) is 16.3 Å². The molecule has 2 aromatic heterocycles. The second kappa shape index (κ2) is 8.32. The number of methoxy groups -OCH3 is 1. The summed E-state index contributed by atoms with van der Waals surface area (Å²) in [5.41, 5.74) is 2.71. The van der Waals surface area contributed by atoms with Gasteiger partial charge in [-0.25, -0.2) is 17.9 Å². The number of aliphatic hydroxyl groups is 1. The van der Waals surface area contributed by atoms with Gasteiger partial charge < -0.3 is 9.84 Å². The number of nitrogens with one attached hydrogen (secondary N) is 1. The highest BCUT2D eigenvalue weighted by molar-refractivity contribution is 7.89. The Morgan fingerprint density at radius 1 is 1.15 bits per heavy atom. The lowest BCUT2D eigenvalue weighted by Gasteiger charge is -2.13. The summed E-state index contributed by atoms with van der Waals surface area (Å²) >= 11 is 2.59. The molecular formula is C18H17NO5S3. The summed E-state index contributed by atoms with van der Waals surface area (Å²) in [5.74, 6) is -0.713. The van der Waals surface area contributed by atoms with Crippen molar-refractivity contribution in [2.45, 2.75) is 11.0 Å². The second-order valence-electron chi connectivity index (χ2n) is 5.61. The molecule has 1 aromatic carbocycles. The van der Waals surface area contributed by atoms with Gasteiger partial charge in [-0.2, -0.15) is 11.3 Å². The number of sulfonamides is 1. The fraction of sp³-hybridized carbons (Fsp3) is 0.167. The van der Waals surface area contributed by atoms with Crippen molar-refractivity contribution in [3.05, 3.63) is 63.0 Å². The highest BCUT2D eigenvalue weighted by atomic mass is 32.2. The Bertz CT molecular complexity index is 1010. The molecule has 0 aliphatic carbocycles. The monoisotopic (exact) mass is 423 g/mol. The van der Waals surface area contributed by atoms with E-state index in [2.05, 4.69) is 9.46 Å². The van der Waals surface area contributed by atoms with Crippen LogP contribution in [-0.2, 0) is 14.8 Å². The Labute approximate surface area is 165 Å². The SMILES string of the molecule is COC(=O)c1sccc1S(=O)(=O)NCC(O)c1ccc(-c2ccsc2)cc1. The number of thiophene rings is 2. The van der Waals surface area contributed by atoms with Crippen LogP contribution < -0.4 is 4.72 Å². The molecule has 1 unspecified atom stereocenters. The maximum atomic E-state index is 12.5. The van der Waals surface area contributed by atoms with Crippen LogP contribution in [0.4, 0.5) is 0 Å². The molecule has 0 amide bonds. The summed E-state index contributed by atoms with van der Waals surface area (Å²) in [6.45, 7) is -0.212. The smallest absolute Gasteiger partial charge is 0.349 e. The van der Waals surface area contributed by atoms with E-state index < -0.39 is 22.1 Å². The van der Waals surface area contributed by atoms with Crippen molar-refractivity contribution in [3.8, 4) is 11.1 Å². The van der Waals surface area contributed by atoms with Crippen LogP contribution in [0.5, 0.6) is 0 Å². The van der Waals surface area contributed by atoms with Gasteiger partial charge in [-0.05, 0) is 45.0 Å². The van der Waals surface area contributed by atoms with E-state index in [9.17, 15) is 18.3 Å². The lowest BCUT2D eigenvalue weighted by molar-refractivity contribution is 0.0602. The number of carbonyl (C=O) groups excluding carboxylic acids is 1. The van der Waals surface area contributed by atoms with Gasteiger partial charge in [0.25, 0.3) is 0 Å². The van der Waals surface area contributed by atoms with Crippen molar-refractivity contribution in [3.63, 3.8) is 0 Å². The minimum absolute atomic E-state index is 0.000365. The molecule has 3 rings (SSSR count). The van der Waals surface area contributed by atoms with Gasteiger partial charge >= 0.3 is 5.97 Å². The zero-order valence-electron chi connectivity index (χ0n) is 14.3. The third-order valence-electron chi connectivity index (χ3n) is 3.91. The first-order valence-corrected chi connectivity index (χ1v) is 11.2. The van der Waals surface area contributed by atoms with Crippen molar-refractivity contribution in [1.29, 1.82) is 0 Å². The zero-order valence-corrected chi connectivity index (χ0v) is 16.7. The van der Waals surface area contributed by atoms with Crippen molar-refractivity contribution >= 4 is 38.7 Å². The molecule has 2 heterocycles. The Hall–Kier alpha value is -2.04. The number of hydrogen-bond acceptors (Lipinski definition) is 7. The van der Waals surface area contributed by atoms with E-state index in [0.717, 1.165) is 22.5 Å². The third kappa shape index (κ3) is 4.45. The molecule has 1 atom stereocenters. The first kappa shape index (κ1) is 19.7. The van der Waals surface area contributed by atoms with E-state index >= 15 is 0 Å². The highest BCUT2D eigenvalue weighted by Gasteiger charge is 2.25. The maximum Gasteiger partial charge on any atom is 0.349 e. The van der Waals surface area contributed by atoms with E-state index in [0.29, 0.717) is 5.56 Å². The maximum absolute atomic E-state index is 12.5. The number of benzene rings is 1. The van der Waals surface area contributed by atoms with Gasteiger partial charge in [0.1, 0.15) is 9.77 Å². The molecule has 0 saturated carbocycles. The molecule has 0 aliphatic heterocycles. The van der Waals surface area contributed by atoms with Gasteiger partial charge in [-0.1, -0.05) is 24.3 Å². The molecule has 9 heteroatoms. The van der Waals surface area contributed by atoms with Gasteiger partial charge in [-0.15, -0.1) is 11.3 Å². The molecule has 0 spiro atoms. The summed E-state index contributed by atoms with van der Waals surface area (Å²) in [5, 5.41) is 15.8. The summed E-state index contributed by atoms with van der Waals surface area (Å²) < 4.78 is 31.9. The molecule has 27 heavy (non-hydrogen) atoms. The summed E-state index contributed by atoms with van der Waals surface area (Å²) in [6.07, 6.45) is -1.02. The van der Waals surface area contributed by atoms with Gasteiger partial charge in [0.15, 0.2) is 0 Å². The quantitative estimate of drug-likeness (QED) is 0.569. The van der Waals surface area contributed by atoms with Crippen LogP contribution in [0.25, 0.3) is 11.1 Å². The molecule has 3 aromatic rings. The lowest BCUT2D eigenvalue weighted by Crippen LogP contribution is -2.29. The van der Waals surface area contributed by atoms with Crippen LogP contribution in [0.2, 0.25) is 0 Å². The average molecular weight is 424 g/mol. The predicted octanol–water partition coefficient (Wildman–Crippen LogP) is 3.28. The molecule has 0 aliphatic rings. The molecule has 142 valence electrons. The van der Waals surface area contributed by atoms with Crippen molar-refractivity contribution in [2.75, 3.05) is 13.7 Å². The zero-order chi connectivity index (χ0) is 19.4. The van der Waals surface area contributed by atoms with Crippen LogP contribution in [-0.4, -0.2) is 33.1 Å². The number of ether oxygens (including phenoxy) is 1. The van der Waals surface area contributed by atoms with E-state index in [1.165, 1.54) is 18.6 Å². The van der Waals surface area contributed by atoms with Crippen molar-refractivity contribution in [1.82, 2.24) is 4.72 Å². The molecule has 2 N–H and O–H groups in total. The summed E-state index contributed by atoms with van der Waals surface area (Å²) in [6, 6.07) is 10.6. The predicted molar refractivity (Wildman–Crippen MR) is 106 cm³/mol. The van der Waals surface area contributed by atoms with Crippen LogP contribution in [0.1, 0.15) is 21.3 Å².